The number of aromatic hydroxyl groups is 1. The lowest BCUT2D eigenvalue weighted by molar-refractivity contribution is 0.395. The van der Waals surface area contributed by atoms with Gasteiger partial charge in [0.1, 0.15) is 17.2 Å². The average Bonchev–Trinajstić information content (AvgIpc) is 2.77. The Labute approximate surface area is 195 Å². The number of benzene rings is 2. The Morgan fingerprint density at radius 3 is 2.19 bits per heavy atom. The number of H-pyrrole nitrogens is 1. The van der Waals surface area contributed by atoms with Crippen LogP contribution in [-0.4, -0.2) is 32.7 Å². The van der Waals surface area contributed by atoms with Gasteiger partial charge in [0.25, 0.3) is 5.56 Å². The van der Waals surface area contributed by atoms with Gasteiger partial charge in [-0.05, 0) is 53.0 Å². The standard InChI is InChI=1S/C23H24BrNO6S/c1-4-5-10-15-19(20-16(30-2)11-8-12-17(20)31-3)21(26)22(23(27)25-15)32(28,29)18-13-7-6-9-14(18)24/h6-9,11-13H,4-5,10H2,1-3H3,(H2,25,26,27). The van der Waals surface area contributed by atoms with Gasteiger partial charge in [-0.15, -0.1) is 0 Å². The molecule has 1 heterocycles. The second-order valence-electron chi connectivity index (χ2n) is 7.06. The molecule has 0 aliphatic heterocycles. The fourth-order valence-corrected chi connectivity index (χ4v) is 5.93. The molecular formula is C23H24BrNO6S. The van der Waals surface area contributed by atoms with Crippen molar-refractivity contribution in [3.63, 3.8) is 0 Å². The molecule has 0 bridgehead atoms. The third-order valence-electron chi connectivity index (χ3n) is 5.08. The summed E-state index contributed by atoms with van der Waals surface area (Å²) in [6, 6.07) is 11.2. The van der Waals surface area contributed by atoms with Crippen molar-refractivity contribution in [3.8, 4) is 28.4 Å². The van der Waals surface area contributed by atoms with Crippen LogP contribution in [0.2, 0.25) is 0 Å². The highest BCUT2D eigenvalue weighted by Crippen LogP contribution is 2.46. The summed E-state index contributed by atoms with van der Waals surface area (Å²) < 4.78 is 38.1. The van der Waals surface area contributed by atoms with Gasteiger partial charge in [0.15, 0.2) is 4.90 Å². The molecule has 32 heavy (non-hydrogen) atoms. The zero-order chi connectivity index (χ0) is 23.5. The van der Waals surface area contributed by atoms with Crippen LogP contribution in [0.15, 0.2) is 61.5 Å². The summed E-state index contributed by atoms with van der Waals surface area (Å²) in [7, 11) is -1.43. The van der Waals surface area contributed by atoms with E-state index in [1.807, 2.05) is 6.92 Å². The van der Waals surface area contributed by atoms with Gasteiger partial charge in [-0.2, -0.15) is 0 Å². The van der Waals surface area contributed by atoms with E-state index in [2.05, 4.69) is 20.9 Å². The molecule has 0 amide bonds. The number of unbranched alkanes of at least 4 members (excludes halogenated alkanes) is 1. The topological polar surface area (TPSA) is 106 Å². The van der Waals surface area contributed by atoms with Crippen molar-refractivity contribution in [1.29, 1.82) is 0 Å². The summed E-state index contributed by atoms with van der Waals surface area (Å²) in [5.41, 5.74) is 0.0455. The molecule has 7 nitrogen and oxygen atoms in total. The third kappa shape index (κ3) is 4.27. The fourth-order valence-electron chi connectivity index (χ4n) is 3.55. The van der Waals surface area contributed by atoms with Gasteiger partial charge in [0.05, 0.1) is 30.2 Å². The molecule has 2 aromatic carbocycles. The minimum Gasteiger partial charge on any atom is -0.506 e. The molecule has 3 aromatic rings. The second kappa shape index (κ2) is 9.79. The van der Waals surface area contributed by atoms with Gasteiger partial charge in [0.2, 0.25) is 9.84 Å². The van der Waals surface area contributed by atoms with E-state index in [9.17, 15) is 18.3 Å². The summed E-state index contributed by atoms with van der Waals surface area (Å²) >= 11 is 3.22. The monoisotopic (exact) mass is 521 g/mol. The van der Waals surface area contributed by atoms with Crippen LogP contribution >= 0.6 is 15.9 Å². The molecule has 9 heteroatoms. The molecule has 0 aliphatic rings. The maximum absolute atomic E-state index is 13.4. The van der Waals surface area contributed by atoms with Crippen LogP contribution in [0.1, 0.15) is 25.5 Å². The molecule has 0 aliphatic carbocycles. The van der Waals surface area contributed by atoms with Gasteiger partial charge in [0, 0.05) is 10.2 Å². The molecular weight excluding hydrogens is 498 g/mol. The van der Waals surface area contributed by atoms with E-state index in [0.717, 1.165) is 12.8 Å². The summed E-state index contributed by atoms with van der Waals surface area (Å²) in [5.74, 6) is 0.0979. The lowest BCUT2D eigenvalue weighted by Crippen LogP contribution is -2.21. The first-order valence-electron chi connectivity index (χ1n) is 9.97. The minimum atomic E-state index is -4.36. The van der Waals surface area contributed by atoms with E-state index in [-0.39, 0.29) is 14.9 Å². The SMILES string of the molecule is CCCCc1[nH]c(=O)c(S(=O)(=O)c2ccccc2Br)c(O)c1-c1c(OC)cccc1OC. The molecule has 0 saturated carbocycles. The van der Waals surface area contributed by atoms with Crippen molar-refractivity contribution < 1.29 is 23.0 Å². The number of sulfone groups is 1. The number of halogens is 1. The number of hydrogen-bond donors (Lipinski definition) is 2. The third-order valence-corrected chi connectivity index (χ3v) is 7.88. The van der Waals surface area contributed by atoms with E-state index < -0.39 is 26.0 Å². The number of aryl methyl sites for hydroxylation is 1. The Hall–Kier alpha value is -2.78. The van der Waals surface area contributed by atoms with Crippen molar-refractivity contribution in [2.75, 3.05) is 14.2 Å². The van der Waals surface area contributed by atoms with E-state index in [0.29, 0.717) is 29.2 Å². The van der Waals surface area contributed by atoms with Crippen molar-refractivity contribution in [3.05, 3.63) is 63.0 Å². The molecule has 3 rings (SSSR count). The number of pyridine rings is 1. The van der Waals surface area contributed by atoms with Gasteiger partial charge >= 0.3 is 0 Å². The molecule has 0 radical (unpaired) electrons. The van der Waals surface area contributed by atoms with Crippen LogP contribution < -0.4 is 15.0 Å². The average molecular weight is 522 g/mol. The van der Waals surface area contributed by atoms with Gasteiger partial charge in [-0.25, -0.2) is 8.42 Å². The first-order valence-corrected chi connectivity index (χ1v) is 12.2. The number of aromatic amines is 1. The Morgan fingerprint density at radius 1 is 1.00 bits per heavy atom. The van der Waals surface area contributed by atoms with E-state index in [1.165, 1.54) is 20.3 Å². The smallest absolute Gasteiger partial charge is 0.271 e. The maximum atomic E-state index is 13.4. The quantitative estimate of drug-likeness (QED) is 0.444. The summed E-state index contributed by atoms with van der Waals surface area (Å²) in [5, 5.41) is 11.3. The highest BCUT2D eigenvalue weighted by atomic mass is 79.9. The zero-order valence-electron chi connectivity index (χ0n) is 17.9. The highest BCUT2D eigenvalue weighted by Gasteiger charge is 2.32. The fraction of sp³-hybridized carbons (Fsp3) is 0.261. The number of aromatic nitrogens is 1. The van der Waals surface area contributed by atoms with Crippen LogP contribution in [0, 0.1) is 0 Å². The molecule has 1 aromatic heterocycles. The Balaban J connectivity index is 2.44. The molecule has 2 N–H and O–H groups in total. The second-order valence-corrected chi connectivity index (χ2v) is 9.77. The van der Waals surface area contributed by atoms with Crippen LogP contribution in [0.4, 0.5) is 0 Å². The first kappa shape index (κ1) is 23.9. The van der Waals surface area contributed by atoms with Crippen molar-refractivity contribution in [2.45, 2.75) is 36.0 Å². The number of methoxy groups -OCH3 is 2. The van der Waals surface area contributed by atoms with Crippen LogP contribution in [0.25, 0.3) is 11.1 Å². The van der Waals surface area contributed by atoms with Crippen LogP contribution in [0.5, 0.6) is 17.2 Å². The van der Waals surface area contributed by atoms with E-state index >= 15 is 0 Å². The first-order chi connectivity index (χ1) is 15.3. The Kier molecular flexibility index (Phi) is 7.30. The van der Waals surface area contributed by atoms with E-state index in [4.69, 9.17) is 9.47 Å². The van der Waals surface area contributed by atoms with Gasteiger partial charge in [-0.3, -0.25) is 4.79 Å². The maximum Gasteiger partial charge on any atom is 0.271 e. The van der Waals surface area contributed by atoms with Gasteiger partial charge < -0.3 is 19.6 Å². The van der Waals surface area contributed by atoms with E-state index in [1.54, 1.807) is 36.4 Å². The zero-order valence-corrected chi connectivity index (χ0v) is 20.3. The molecule has 0 unspecified atom stereocenters. The predicted octanol–water partition coefficient (Wildman–Crippen LogP) is 4.70. The number of ether oxygens (including phenoxy) is 2. The molecule has 170 valence electrons. The van der Waals surface area contributed by atoms with Crippen LogP contribution in [0.3, 0.4) is 0 Å². The van der Waals surface area contributed by atoms with Crippen LogP contribution in [-0.2, 0) is 16.3 Å². The lowest BCUT2D eigenvalue weighted by atomic mass is 9.98. The molecule has 0 spiro atoms. The highest BCUT2D eigenvalue weighted by molar-refractivity contribution is 9.10. The largest absolute Gasteiger partial charge is 0.506 e. The summed E-state index contributed by atoms with van der Waals surface area (Å²) in [6.07, 6.45) is 1.98. The van der Waals surface area contributed by atoms with Crippen molar-refractivity contribution in [2.24, 2.45) is 0 Å². The van der Waals surface area contributed by atoms with Crippen molar-refractivity contribution >= 4 is 25.8 Å². The lowest BCUT2D eigenvalue weighted by Gasteiger charge is -2.19. The normalized spacial score (nSPS) is 11.4. The number of hydrogen-bond acceptors (Lipinski definition) is 6. The molecule has 0 saturated heterocycles. The Bertz CT molecular complexity index is 1280. The molecule has 0 atom stereocenters. The Morgan fingerprint density at radius 2 is 1.62 bits per heavy atom. The number of rotatable bonds is 8. The predicted molar refractivity (Wildman–Crippen MR) is 125 cm³/mol. The van der Waals surface area contributed by atoms with Gasteiger partial charge in [-0.1, -0.05) is 31.5 Å². The minimum absolute atomic E-state index is 0.125. The summed E-state index contributed by atoms with van der Waals surface area (Å²) in [6.45, 7) is 1.99. The number of nitrogens with one attached hydrogen (secondary N) is 1. The van der Waals surface area contributed by atoms with Crippen molar-refractivity contribution in [1.82, 2.24) is 4.98 Å². The molecule has 0 fully saturated rings. The summed E-state index contributed by atoms with van der Waals surface area (Å²) in [4.78, 5) is 14.8.